The molecule has 0 radical (unpaired) electrons. The van der Waals surface area contributed by atoms with Crippen molar-refractivity contribution >= 4 is 12.0 Å². The van der Waals surface area contributed by atoms with E-state index in [0.717, 1.165) is 12.1 Å². The molecule has 0 aliphatic carbocycles. The molecule has 1 heterocycles. The summed E-state index contributed by atoms with van der Waals surface area (Å²) >= 11 is 0. The van der Waals surface area contributed by atoms with E-state index in [1.165, 1.54) is 19.3 Å². The third-order valence-electron chi connectivity index (χ3n) is 2.47. The highest BCUT2D eigenvalue weighted by molar-refractivity contribution is 5.85. The number of halogens is 3. The van der Waals surface area contributed by atoms with Gasteiger partial charge in [-0.3, -0.25) is 0 Å². The molecular weight excluding hydrogens is 275 g/mol. The summed E-state index contributed by atoms with van der Waals surface area (Å²) < 4.78 is 42.6. The Hall–Kier alpha value is -1.89. The highest BCUT2D eigenvalue weighted by atomic mass is 19.4. The molecule has 0 aliphatic heterocycles. The number of pyridine rings is 1. The largest absolute Gasteiger partial charge is 0.478 e. The number of aryl methyl sites for hydroxylation is 1. The van der Waals surface area contributed by atoms with Crippen LogP contribution in [-0.2, 0) is 22.1 Å². The Morgan fingerprint density at radius 1 is 1.45 bits per heavy atom. The lowest BCUT2D eigenvalue weighted by Gasteiger charge is -2.10. The van der Waals surface area contributed by atoms with E-state index < -0.39 is 17.8 Å². The van der Waals surface area contributed by atoms with Crippen LogP contribution in [0.5, 0.6) is 0 Å². The van der Waals surface area contributed by atoms with Crippen molar-refractivity contribution in [2.75, 3.05) is 13.7 Å². The summed E-state index contributed by atoms with van der Waals surface area (Å²) in [5, 5.41) is 8.56. The lowest BCUT2D eigenvalue weighted by molar-refractivity contribution is -0.141. The Morgan fingerprint density at radius 3 is 2.70 bits per heavy atom. The first-order chi connectivity index (χ1) is 9.34. The van der Waals surface area contributed by atoms with Crippen LogP contribution >= 0.6 is 0 Å². The van der Waals surface area contributed by atoms with Crippen molar-refractivity contribution in [1.82, 2.24) is 4.98 Å². The molecule has 0 aliphatic rings. The van der Waals surface area contributed by atoms with E-state index in [1.54, 1.807) is 0 Å². The third kappa shape index (κ3) is 5.00. The summed E-state index contributed by atoms with van der Waals surface area (Å²) in [7, 11) is 1.49. The predicted octanol–water partition coefficient (Wildman–Crippen LogP) is 2.78. The number of alkyl halides is 3. The maximum absolute atomic E-state index is 12.6. The third-order valence-corrected chi connectivity index (χ3v) is 2.47. The van der Waals surface area contributed by atoms with Crippen LogP contribution in [-0.4, -0.2) is 29.8 Å². The fraction of sp³-hybridized carbons (Fsp3) is 0.385. The van der Waals surface area contributed by atoms with Crippen molar-refractivity contribution in [2.45, 2.75) is 19.0 Å². The molecule has 0 aromatic carbocycles. The number of carboxylic acids is 1. The molecule has 1 rings (SSSR count). The smallest absolute Gasteiger partial charge is 0.433 e. The minimum atomic E-state index is -4.52. The number of nitrogens with zero attached hydrogens (tertiary/aromatic N) is 1. The van der Waals surface area contributed by atoms with Gasteiger partial charge >= 0.3 is 12.1 Å². The van der Waals surface area contributed by atoms with E-state index >= 15 is 0 Å². The van der Waals surface area contributed by atoms with E-state index in [0.29, 0.717) is 18.6 Å². The summed E-state index contributed by atoms with van der Waals surface area (Å²) in [5.41, 5.74) is -0.428. The zero-order chi connectivity index (χ0) is 15.2. The molecule has 4 nitrogen and oxygen atoms in total. The fourth-order valence-electron chi connectivity index (χ4n) is 1.57. The molecule has 1 aromatic heterocycles. The first-order valence-electron chi connectivity index (χ1n) is 5.81. The van der Waals surface area contributed by atoms with E-state index in [1.807, 2.05) is 0 Å². The minimum Gasteiger partial charge on any atom is -0.478 e. The van der Waals surface area contributed by atoms with E-state index in [-0.39, 0.29) is 12.1 Å². The summed E-state index contributed by atoms with van der Waals surface area (Å²) in [6, 6.07) is 2.05. The van der Waals surface area contributed by atoms with E-state index in [2.05, 4.69) is 4.98 Å². The molecule has 0 unspecified atom stereocenters. The number of hydrogen-bond acceptors (Lipinski definition) is 3. The van der Waals surface area contributed by atoms with Gasteiger partial charge in [0.15, 0.2) is 0 Å². The van der Waals surface area contributed by atoms with Crippen LogP contribution in [0.15, 0.2) is 18.2 Å². The van der Waals surface area contributed by atoms with Crippen LogP contribution in [0.2, 0.25) is 0 Å². The molecule has 0 spiro atoms. The zero-order valence-electron chi connectivity index (χ0n) is 10.8. The van der Waals surface area contributed by atoms with Gasteiger partial charge in [0.2, 0.25) is 0 Å². The second kappa shape index (κ2) is 7.04. The molecule has 0 fully saturated rings. The van der Waals surface area contributed by atoms with Crippen molar-refractivity contribution in [3.8, 4) is 0 Å². The Balaban J connectivity index is 3.06. The van der Waals surface area contributed by atoms with Gasteiger partial charge in [-0.15, -0.1) is 0 Å². The Labute approximate surface area is 113 Å². The van der Waals surface area contributed by atoms with Gasteiger partial charge in [0, 0.05) is 25.5 Å². The second-order valence-corrected chi connectivity index (χ2v) is 4.00. The molecule has 0 saturated carbocycles. The topological polar surface area (TPSA) is 59.4 Å². The van der Waals surface area contributed by atoms with Crippen LogP contribution in [0.4, 0.5) is 13.2 Å². The Bertz CT molecular complexity index is 498. The molecule has 0 atom stereocenters. The fourth-order valence-corrected chi connectivity index (χ4v) is 1.57. The summed E-state index contributed by atoms with van der Waals surface area (Å²) in [6.45, 7) is 0.389. The van der Waals surface area contributed by atoms with Crippen molar-refractivity contribution in [3.05, 3.63) is 35.2 Å². The van der Waals surface area contributed by atoms with E-state index in [9.17, 15) is 18.0 Å². The summed E-state index contributed by atoms with van der Waals surface area (Å²) in [6.07, 6.45) is -1.65. The van der Waals surface area contributed by atoms with Gasteiger partial charge in [0.1, 0.15) is 5.69 Å². The number of ether oxygens (including phenoxy) is 1. The van der Waals surface area contributed by atoms with Crippen molar-refractivity contribution in [2.24, 2.45) is 0 Å². The van der Waals surface area contributed by atoms with Crippen LogP contribution in [0.3, 0.4) is 0 Å². The Kier molecular flexibility index (Phi) is 5.69. The molecule has 0 saturated heterocycles. The SMILES string of the molecule is COCCCc1nc(C(F)(F)F)ccc1/C=C/C(=O)O. The number of aliphatic carboxylic acids is 1. The van der Waals surface area contributed by atoms with Crippen LogP contribution in [0.1, 0.15) is 23.4 Å². The van der Waals surface area contributed by atoms with Gasteiger partial charge in [0.25, 0.3) is 0 Å². The summed E-state index contributed by atoms with van der Waals surface area (Å²) in [4.78, 5) is 14.0. The van der Waals surface area contributed by atoms with Gasteiger partial charge in [-0.25, -0.2) is 9.78 Å². The number of aromatic nitrogens is 1. The number of carboxylic acid groups (broad SMARTS) is 1. The predicted molar refractivity (Wildman–Crippen MR) is 66.1 cm³/mol. The zero-order valence-corrected chi connectivity index (χ0v) is 10.8. The first-order valence-corrected chi connectivity index (χ1v) is 5.81. The average Bonchev–Trinajstić information content (AvgIpc) is 2.36. The number of carbonyl (C=O) groups is 1. The van der Waals surface area contributed by atoms with Gasteiger partial charge < -0.3 is 9.84 Å². The number of hydrogen-bond donors (Lipinski definition) is 1. The van der Waals surface area contributed by atoms with Gasteiger partial charge in [0.05, 0.1) is 0 Å². The Morgan fingerprint density at radius 2 is 2.15 bits per heavy atom. The molecular formula is C13H14F3NO3. The van der Waals surface area contributed by atoms with Crippen LogP contribution in [0.25, 0.3) is 6.08 Å². The minimum absolute atomic E-state index is 0.203. The number of rotatable bonds is 6. The standard InChI is InChI=1S/C13H14F3NO3/c1-20-8-2-3-10-9(5-7-12(18)19)4-6-11(17-10)13(14,15)16/h4-7H,2-3,8H2,1H3,(H,18,19)/b7-5+. The van der Waals surface area contributed by atoms with Gasteiger partial charge in [-0.2, -0.15) is 13.2 Å². The normalized spacial score (nSPS) is 12.0. The molecule has 110 valence electrons. The van der Waals surface area contributed by atoms with Crippen molar-refractivity contribution < 1.29 is 27.8 Å². The molecule has 0 amide bonds. The van der Waals surface area contributed by atoms with Gasteiger partial charge in [-0.05, 0) is 30.5 Å². The lowest BCUT2D eigenvalue weighted by Crippen LogP contribution is -2.10. The monoisotopic (exact) mass is 289 g/mol. The van der Waals surface area contributed by atoms with Crippen LogP contribution < -0.4 is 0 Å². The molecule has 0 bridgehead atoms. The van der Waals surface area contributed by atoms with E-state index in [4.69, 9.17) is 9.84 Å². The molecule has 7 heteroatoms. The van der Waals surface area contributed by atoms with Crippen LogP contribution in [0, 0.1) is 0 Å². The quantitative estimate of drug-likeness (QED) is 0.646. The second-order valence-electron chi connectivity index (χ2n) is 4.00. The first kappa shape index (κ1) is 16.2. The number of methoxy groups -OCH3 is 1. The average molecular weight is 289 g/mol. The molecule has 20 heavy (non-hydrogen) atoms. The van der Waals surface area contributed by atoms with Gasteiger partial charge in [-0.1, -0.05) is 6.07 Å². The summed E-state index contributed by atoms with van der Waals surface area (Å²) in [5.74, 6) is -1.17. The van der Waals surface area contributed by atoms with Crippen molar-refractivity contribution in [3.63, 3.8) is 0 Å². The maximum atomic E-state index is 12.6. The van der Waals surface area contributed by atoms with Crippen molar-refractivity contribution in [1.29, 1.82) is 0 Å². The highest BCUT2D eigenvalue weighted by Crippen LogP contribution is 2.28. The maximum Gasteiger partial charge on any atom is 0.433 e. The lowest BCUT2D eigenvalue weighted by atomic mass is 10.1. The molecule has 1 aromatic rings. The molecule has 1 N–H and O–H groups in total. The highest BCUT2D eigenvalue weighted by Gasteiger charge is 2.32.